The van der Waals surface area contributed by atoms with Crippen molar-refractivity contribution in [3.8, 4) is 0 Å². The topological polar surface area (TPSA) is 48.9 Å². The first kappa shape index (κ1) is 23.4. The molecule has 1 aromatic carbocycles. The van der Waals surface area contributed by atoms with Crippen molar-refractivity contribution in [2.45, 2.75) is 30.2 Å². The Hall–Kier alpha value is -0.220. The quantitative estimate of drug-likeness (QED) is 0.323. The van der Waals surface area contributed by atoms with Gasteiger partial charge in [0.05, 0.1) is 13.2 Å². The molecular formula is C21H32ClIN4OS. The van der Waals surface area contributed by atoms with Gasteiger partial charge in [0.15, 0.2) is 5.96 Å². The Bertz CT molecular complexity index is 704. The SMILES string of the molecule is CN=C(NCC1(c2cccc(Cl)c2)CC1)NCC1(N2CCOCC2)CCSC1.I. The van der Waals surface area contributed by atoms with E-state index < -0.39 is 0 Å². The van der Waals surface area contributed by atoms with Crippen molar-refractivity contribution in [2.24, 2.45) is 4.99 Å². The van der Waals surface area contributed by atoms with Crippen molar-refractivity contribution >= 4 is 53.3 Å². The molecule has 1 unspecified atom stereocenters. The summed E-state index contributed by atoms with van der Waals surface area (Å²) in [6.45, 7) is 5.59. The number of hydrogen-bond donors (Lipinski definition) is 2. The molecule has 29 heavy (non-hydrogen) atoms. The van der Waals surface area contributed by atoms with E-state index in [1.807, 2.05) is 13.1 Å². The summed E-state index contributed by atoms with van der Waals surface area (Å²) < 4.78 is 5.57. The van der Waals surface area contributed by atoms with Crippen molar-refractivity contribution in [3.63, 3.8) is 0 Å². The molecule has 2 heterocycles. The van der Waals surface area contributed by atoms with E-state index in [0.29, 0.717) is 0 Å². The van der Waals surface area contributed by atoms with Crippen molar-refractivity contribution in [2.75, 3.05) is 57.9 Å². The summed E-state index contributed by atoms with van der Waals surface area (Å²) >= 11 is 8.27. The first-order valence-electron chi connectivity index (χ1n) is 10.3. The molecule has 8 heteroatoms. The highest BCUT2D eigenvalue weighted by molar-refractivity contribution is 14.0. The van der Waals surface area contributed by atoms with E-state index in [0.717, 1.165) is 50.4 Å². The number of hydrogen-bond acceptors (Lipinski definition) is 4. The van der Waals surface area contributed by atoms with Crippen molar-refractivity contribution < 1.29 is 4.74 Å². The smallest absolute Gasteiger partial charge is 0.191 e. The Morgan fingerprint density at radius 1 is 1.21 bits per heavy atom. The lowest BCUT2D eigenvalue weighted by atomic mass is 9.95. The van der Waals surface area contributed by atoms with Crippen molar-refractivity contribution in [1.29, 1.82) is 0 Å². The zero-order chi connectivity index (χ0) is 19.5. The summed E-state index contributed by atoms with van der Waals surface area (Å²) in [5.74, 6) is 3.32. The van der Waals surface area contributed by atoms with Crippen molar-refractivity contribution in [1.82, 2.24) is 15.5 Å². The van der Waals surface area contributed by atoms with E-state index in [9.17, 15) is 0 Å². The van der Waals surface area contributed by atoms with Crippen LogP contribution in [0.1, 0.15) is 24.8 Å². The van der Waals surface area contributed by atoms with Crippen LogP contribution in [0.3, 0.4) is 0 Å². The highest BCUT2D eigenvalue weighted by atomic mass is 127. The Morgan fingerprint density at radius 2 is 1.97 bits per heavy atom. The van der Waals surface area contributed by atoms with Gasteiger partial charge in [0, 0.05) is 55.0 Å². The van der Waals surface area contributed by atoms with Crippen LogP contribution in [0.25, 0.3) is 0 Å². The van der Waals surface area contributed by atoms with Crippen LogP contribution in [-0.4, -0.2) is 74.3 Å². The first-order valence-corrected chi connectivity index (χ1v) is 11.8. The number of guanidine groups is 1. The molecule has 1 aliphatic carbocycles. The van der Waals surface area contributed by atoms with Gasteiger partial charge in [0.25, 0.3) is 0 Å². The predicted molar refractivity (Wildman–Crippen MR) is 134 cm³/mol. The largest absolute Gasteiger partial charge is 0.379 e. The minimum absolute atomic E-state index is 0. The molecule has 2 aliphatic heterocycles. The number of morpholine rings is 1. The molecule has 1 aromatic rings. The maximum absolute atomic E-state index is 6.21. The summed E-state index contributed by atoms with van der Waals surface area (Å²) in [5.41, 5.74) is 1.75. The van der Waals surface area contributed by atoms with Gasteiger partial charge >= 0.3 is 0 Å². The van der Waals surface area contributed by atoms with Gasteiger partial charge in [-0.3, -0.25) is 9.89 Å². The number of benzene rings is 1. The molecule has 0 bridgehead atoms. The van der Waals surface area contributed by atoms with E-state index in [2.05, 4.69) is 50.5 Å². The fourth-order valence-corrected chi connectivity index (χ4v) is 6.06. The van der Waals surface area contributed by atoms with Gasteiger partial charge in [-0.1, -0.05) is 23.7 Å². The Labute approximate surface area is 200 Å². The van der Waals surface area contributed by atoms with Crippen LogP contribution in [0, 0.1) is 0 Å². The molecule has 3 aliphatic rings. The molecule has 4 rings (SSSR count). The molecule has 0 spiro atoms. The molecule has 1 saturated carbocycles. The number of aliphatic imine (C=N–C) groups is 1. The molecule has 5 nitrogen and oxygen atoms in total. The highest BCUT2D eigenvalue weighted by Crippen LogP contribution is 2.48. The average molecular weight is 551 g/mol. The summed E-state index contributed by atoms with van der Waals surface area (Å²) in [7, 11) is 1.86. The summed E-state index contributed by atoms with van der Waals surface area (Å²) in [5, 5.41) is 8.03. The Kier molecular flexibility index (Phi) is 8.40. The van der Waals surface area contributed by atoms with Gasteiger partial charge in [0.2, 0.25) is 0 Å². The third kappa shape index (κ3) is 5.53. The molecule has 1 atom stereocenters. The second-order valence-corrected chi connectivity index (χ2v) is 9.74. The van der Waals surface area contributed by atoms with Gasteiger partial charge in [0.1, 0.15) is 0 Å². The van der Waals surface area contributed by atoms with E-state index >= 15 is 0 Å². The van der Waals surface area contributed by atoms with Crippen LogP contribution < -0.4 is 10.6 Å². The number of halogens is 2. The van der Waals surface area contributed by atoms with Crippen LogP contribution >= 0.6 is 47.3 Å². The van der Waals surface area contributed by atoms with Gasteiger partial charge in [-0.2, -0.15) is 11.8 Å². The summed E-state index contributed by atoms with van der Waals surface area (Å²) in [4.78, 5) is 7.12. The third-order valence-corrected chi connectivity index (χ3v) is 7.93. The molecular weight excluding hydrogens is 519 g/mol. The normalized spacial score (nSPS) is 26.6. The molecule has 2 N–H and O–H groups in total. The van der Waals surface area contributed by atoms with Gasteiger partial charge < -0.3 is 15.4 Å². The molecule has 0 aromatic heterocycles. The van der Waals surface area contributed by atoms with Crippen LogP contribution in [0.15, 0.2) is 29.3 Å². The maximum Gasteiger partial charge on any atom is 0.191 e. The Morgan fingerprint density at radius 3 is 2.59 bits per heavy atom. The lowest BCUT2D eigenvalue weighted by molar-refractivity contribution is -0.0120. The maximum atomic E-state index is 6.21. The van der Waals surface area contributed by atoms with Gasteiger partial charge in [-0.05, 0) is 42.7 Å². The summed E-state index contributed by atoms with van der Waals surface area (Å²) in [6, 6.07) is 8.30. The lowest BCUT2D eigenvalue weighted by Crippen LogP contribution is -2.60. The number of ether oxygens (including phenoxy) is 1. The minimum Gasteiger partial charge on any atom is -0.379 e. The lowest BCUT2D eigenvalue weighted by Gasteiger charge is -2.43. The first-order chi connectivity index (χ1) is 13.7. The van der Waals surface area contributed by atoms with Crippen molar-refractivity contribution in [3.05, 3.63) is 34.9 Å². The fraction of sp³-hybridized carbons (Fsp3) is 0.667. The molecule has 2 saturated heterocycles. The second-order valence-electron chi connectivity index (χ2n) is 8.20. The predicted octanol–water partition coefficient (Wildman–Crippen LogP) is 3.36. The van der Waals surface area contributed by atoms with Crippen LogP contribution in [0.2, 0.25) is 5.02 Å². The highest BCUT2D eigenvalue weighted by Gasteiger charge is 2.44. The zero-order valence-corrected chi connectivity index (χ0v) is 21.0. The molecule has 0 amide bonds. The third-order valence-electron chi connectivity index (χ3n) is 6.46. The van der Waals surface area contributed by atoms with E-state index in [1.54, 1.807) is 0 Å². The molecule has 3 fully saturated rings. The Balaban J connectivity index is 0.00000240. The number of rotatable bonds is 6. The number of nitrogens with zero attached hydrogens (tertiary/aromatic N) is 2. The number of nitrogens with one attached hydrogen (secondary N) is 2. The van der Waals surface area contributed by atoms with Crippen LogP contribution in [0.4, 0.5) is 0 Å². The monoisotopic (exact) mass is 550 g/mol. The van der Waals surface area contributed by atoms with E-state index in [1.165, 1.54) is 36.3 Å². The van der Waals surface area contributed by atoms with Gasteiger partial charge in [-0.25, -0.2) is 0 Å². The molecule has 162 valence electrons. The fourth-order valence-electron chi connectivity index (χ4n) is 4.39. The molecule has 0 radical (unpaired) electrons. The van der Waals surface area contributed by atoms with Crippen LogP contribution in [0.5, 0.6) is 0 Å². The second kappa shape index (κ2) is 10.4. The zero-order valence-electron chi connectivity index (χ0n) is 17.1. The standard InChI is InChI=1S/C21H31ClN4OS.HI/c1-23-19(24-14-20(5-6-20)17-3-2-4-18(22)13-17)25-15-21(7-12-28-16-21)26-8-10-27-11-9-26;/h2-4,13H,5-12,14-16H2,1H3,(H2,23,24,25);1H. The average Bonchev–Trinajstić information content (AvgIpc) is 3.37. The summed E-state index contributed by atoms with van der Waals surface area (Å²) in [6.07, 6.45) is 3.63. The number of thioether (sulfide) groups is 1. The minimum atomic E-state index is 0. The van der Waals surface area contributed by atoms with E-state index in [-0.39, 0.29) is 34.9 Å². The van der Waals surface area contributed by atoms with Crippen LogP contribution in [-0.2, 0) is 10.2 Å². The van der Waals surface area contributed by atoms with Gasteiger partial charge in [-0.15, -0.1) is 24.0 Å². The van der Waals surface area contributed by atoms with E-state index in [4.69, 9.17) is 16.3 Å².